The first-order chi connectivity index (χ1) is 14.1. The second-order valence-electron chi connectivity index (χ2n) is 8.77. The summed E-state index contributed by atoms with van der Waals surface area (Å²) in [5.41, 5.74) is 3.43. The van der Waals surface area contributed by atoms with Crippen molar-refractivity contribution >= 4 is 34.2 Å². The van der Waals surface area contributed by atoms with Crippen molar-refractivity contribution in [3.63, 3.8) is 0 Å². The van der Waals surface area contributed by atoms with Gasteiger partial charge in [0.15, 0.2) is 0 Å². The van der Waals surface area contributed by atoms with Crippen LogP contribution in [0.5, 0.6) is 0 Å². The zero-order valence-corrected chi connectivity index (χ0v) is 18.6. The van der Waals surface area contributed by atoms with Crippen molar-refractivity contribution in [1.29, 1.82) is 0 Å². The molecule has 1 amide bonds. The lowest BCUT2D eigenvalue weighted by Gasteiger charge is -2.33. The summed E-state index contributed by atoms with van der Waals surface area (Å²) in [7, 11) is 1.88. The van der Waals surface area contributed by atoms with Crippen LogP contribution in [0, 0.1) is 5.92 Å². The van der Waals surface area contributed by atoms with Gasteiger partial charge in [-0.1, -0.05) is 24.6 Å². The van der Waals surface area contributed by atoms with Gasteiger partial charge in [-0.15, -0.1) is 0 Å². The van der Waals surface area contributed by atoms with Crippen molar-refractivity contribution in [2.45, 2.75) is 33.3 Å². The van der Waals surface area contributed by atoms with Crippen molar-refractivity contribution < 1.29 is 9.53 Å². The first-order valence-electron chi connectivity index (χ1n) is 9.97. The number of hydrogen-bond acceptors (Lipinski definition) is 4. The largest absolute Gasteiger partial charge is 0.444 e. The van der Waals surface area contributed by atoms with Gasteiger partial charge in [0.05, 0.1) is 24.1 Å². The Bertz CT molecular complexity index is 1140. The Morgan fingerprint density at radius 2 is 2.00 bits per heavy atom. The van der Waals surface area contributed by atoms with E-state index in [0.29, 0.717) is 18.1 Å². The molecule has 1 atom stereocenters. The minimum Gasteiger partial charge on any atom is -0.444 e. The number of hydrogen-bond donors (Lipinski definition) is 0. The number of nitrogens with zero attached hydrogens (tertiary/aromatic N) is 5. The molecule has 2 aromatic heterocycles. The summed E-state index contributed by atoms with van der Waals surface area (Å²) < 4.78 is 9.13. The van der Waals surface area contributed by atoms with Crippen LogP contribution in [0.3, 0.4) is 0 Å². The lowest BCUT2D eigenvalue weighted by molar-refractivity contribution is 0.0252. The van der Waals surface area contributed by atoms with E-state index in [1.54, 1.807) is 22.0 Å². The Hall–Kier alpha value is -2.80. The molecule has 0 bridgehead atoms. The van der Waals surface area contributed by atoms with Gasteiger partial charge in [-0.2, -0.15) is 10.2 Å². The van der Waals surface area contributed by atoms with Crippen LogP contribution in [0.2, 0.25) is 5.02 Å². The Morgan fingerprint density at radius 1 is 1.23 bits per heavy atom. The Labute approximate surface area is 180 Å². The Balaban J connectivity index is 1.67. The molecule has 4 rings (SSSR count). The summed E-state index contributed by atoms with van der Waals surface area (Å²) in [6.07, 6.45) is 7.28. The highest BCUT2D eigenvalue weighted by atomic mass is 35.5. The predicted octanol–water partition coefficient (Wildman–Crippen LogP) is 4.68. The Morgan fingerprint density at radius 3 is 2.63 bits per heavy atom. The number of amides is 1. The van der Waals surface area contributed by atoms with Gasteiger partial charge in [0, 0.05) is 30.5 Å². The van der Waals surface area contributed by atoms with E-state index < -0.39 is 5.60 Å². The third kappa shape index (κ3) is 3.94. The topological polar surface area (TPSA) is 65.2 Å². The van der Waals surface area contributed by atoms with Crippen molar-refractivity contribution in [2.24, 2.45) is 13.0 Å². The maximum atomic E-state index is 12.4. The fraction of sp³-hybridized carbons (Fsp3) is 0.409. The fourth-order valence-electron chi connectivity index (χ4n) is 3.75. The van der Waals surface area contributed by atoms with E-state index in [9.17, 15) is 4.79 Å². The van der Waals surface area contributed by atoms with Crippen LogP contribution in [0.1, 0.15) is 33.3 Å². The lowest BCUT2D eigenvalue weighted by atomic mass is 9.90. The smallest absolute Gasteiger partial charge is 0.410 e. The molecule has 0 saturated carbocycles. The number of carbonyl (C=O) groups excluding carboxylic acids is 1. The zero-order valence-electron chi connectivity index (χ0n) is 17.9. The number of carbonyl (C=O) groups is 1. The number of benzene rings is 1. The van der Waals surface area contributed by atoms with Crippen molar-refractivity contribution in [3.8, 4) is 5.69 Å². The first kappa shape index (κ1) is 20.5. The molecule has 0 fully saturated rings. The van der Waals surface area contributed by atoms with E-state index in [1.807, 2.05) is 44.8 Å². The van der Waals surface area contributed by atoms with Gasteiger partial charge < -0.3 is 9.64 Å². The van der Waals surface area contributed by atoms with Crippen LogP contribution >= 0.6 is 11.6 Å². The van der Waals surface area contributed by atoms with E-state index in [0.717, 1.165) is 27.7 Å². The summed E-state index contributed by atoms with van der Waals surface area (Å²) in [5.74, 6) is 0.121. The summed E-state index contributed by atoms with van der Waals surface area (Å²) in [5, 5.41) is 10.4. The minimum absolute atomic E-state index is 0.121. The van der Waals surface area contributed by atoms with Gasteiger partial charge in [-0.05, 0) is 50.0 Å². The molecular formula is C22H26ClN5O2. The van der Waals surface area contributed by atoms with Crippen LogP contribution in [0.4, 0.5) is 4.79 Å². The molecule has 1 aliphatic rings. The van der Waals surface area contributed by atoms with Gasteiger partial charge in [-0.25, -0.2) is 9.48 Å². The summed E-state index contributed by atoms with van der Waals surface area (Å²) in [6, 6.07) is 4.02. The number of ether oxygens (including phenoxy) is 1. The number of rotatable bonds is 2. The Kier molecular flexibility index (Phi) is 5.10. The molecule has 3 aromatic rings. The molecule has 0 N–H and O–H groups in total. The second-order valence-corrected chi connectivity index (χ2v) is 9.17. The maximum absolute atomic E-state index is 12.4. The lowest BCUT2D eigenvalue weighted by Crippen LogP contribution is -2.41. The van der Waals surface area contributed by atoms with Gasteiger partial charge in [0.1, 0.15) is 11.3 Å². The average molecular weight is 428 g/mol. The molecule has 0 radical (unpaired) electrons. The molecule has 1 unspecified atom stereocenters. The van der Waals surface area contributed by atoms with Gasteiger partial charge >= 0.3 is 6.09 Å². The first-order valence-corrected chi connectivity index (χ1v) is 10.3. The zero-order chi connectivity index (χ0) is 21.6. The number of halogens is 1. The monoisotopic (exact) mass is 427 g/mol. The molecule has 30 heavy (non-hydrogen) atoms. The van der Waals surface area contributed by atoms with Crippen LogP contribution in [0.15, 0.2) is 36.8 Å². The molecule has 158 valence electrons. The van der Waals surface area contributed by atoms with E-state index in [-0.39, 0.29) is 12.0 Å². The summed E-state index contributed by atoms with van der Waals surface area (Å²) >= 11 is 6.65. The van der Waals surface area contributed by atoms with Gasteiger partial charge in [-0.3, -0.25) is 4.68 Å². The SMILES string of the molecule is CC1CN(C(=O)OC(C)(C)C)CC=C1c1cc2c(cnn2-c2cnn(C)c2)cc1Cl. The van der Waals surface area contributed by atoms with E-state index in [2.05, 4.69) is 29.3 Å². The third-order valence-electron chi connectivity index (χ3n) is 5.11. The molecule has 0 spiro atoms. The molecule has 0 saturated heterocycles. The quantitative estimate of drug-likeness (QED) is 0.595. The van der Waals surface area contributed by atoms with Crippen LogP contribution in [-0.2, 0) is 11.8 Å². The molecule has 8 heteroatoms. The highest BCUT2D eigenvalue weighted by molar-refractivity contribution is 6.33. The van der Waals surface area contributed by atoms with Gasteiger partial charge in [0.25, 0.3) is 0 Å². The number of aryl methyl sites for hydroxylation is 1. The van der Waals surface area contributed by atoms with Gasteiger partial charge in [0.2, 0.25) is 0 Å². The molecule has 0 aliphatic carbocycles. The van der Waals surface area contributed by atoms with E-state index in [1.165, 1.54) is 0 Å². The predicted molar refractivity (Wildman–Crippen MR) is 118 cm³/mol. The highest BCUT2D eigenvalue weighted by Gasteiger charge is 2.28. The molecule has 1 aliphatic heterocycles. The molecule has 7 nitrogen and oxygen atoms in total. The normalized spacial score (nSPS) is 17.3. The van der Waals surface area contributed by atoms with Crippen molar-refractivity contribution in [1.82, 2.24) is 24.5 Å². The fourth-order valence-corrected chi connectivity index (χ4v) is 4.04. The molecular weight excluding hydrogens is 402 g/mol. The van der Waals surface area contributed by atoms with Crippen molar-refractivity contribution in [3.05, 3.63) is 47.4 Å². The maximum Gasteiger partial charge on any atom is 0.410 e. The number of aromatic nitrogens is 4. The van der Waals surface area contributed by atoms with E-state index >= 15 is 0 Å². The standard InChI is InChI=1S/C22H26ClN5O2/c1-14-12-27(21(29)30-22(2,3)4)7-6-17(14)18-9-20-15(8-19(18)23)10-25-28(20)16-11-24-26(5)13-16/h6,8-11,13-14H,7,12H2,1-5H3. The molecule has 3 heterocycles. The van der Waals surface area contributed by atoms with Crippen molar-refractivity contribution in [2.75, 3.05) is 13.1 Å². The average Bonchev–Trinajstić information content (AvgIpc) is 3.25. The molecule has 1 aromatic carbocycles. The van der Waals surface area contributed by atoms with Crippen LogP contribution in [0.25, 0.3) is 22.2 Å². The minimum atomic E-state index is -0.511. The summed E-state index contributed by atoms with van der Waals surface area (Å²) in [6.45, 7) is 8.79. The third-order valence-corrected chi connectivity index (χ3v) is 5.42. The van der Waals surface area contributed by atoms with Crippen LogP contribution < -0.4 is 0 Å². The van der Waals surface area contributed by atoms with E-state index in [4.69, 9.17) is 16.3 Å². The van der Waals surface area contributed by atoms with Crippen LogP contribution in [-0.4, -0.2) is 49.2 Å². The second kappa shape index (κ2) is 7.47. The summed E-state index contributed by atoms with van der Waals surface area (Å²) in [4.78, 5) is 14.2. The highest BCUT2D eigenvalue weighted by Crippen LogP contribution is 2.36. The number of fused-ring (bicyclic) bond motifs is 1.